The highest BCUT2D eigenvalue weighted by Crippen LogP contribution is 2.21. The third-order valence-electron chi connectivity index (χ3n) is 3.49. The first-order valence-corrected chi connectivity index (χ1v) is 7.69. The summed E-state index contributed by atoms with van der Waals surface area (Å²) in [5.41, 5.74) is 0.362. The molecule has 0 saturated carbocycles. The summed E-state index contributed by atoms with van der Waals surface area (Å²) in [5, 5.41) is 3.51. The van der Waals surface area contributed by atoms with Gasteiger partial charge in [0.2, 0.25) is 5.91 Å². The number of carbonyl (C=O) groups excluding carboxylic acids is 1. The lowest BCUT2D eigenvalue weighted by molar-refractivity contribution is -0.120. The molecule has 122 valence electrons. The van der Waals surface area contributed by atoms with Crippen molar-refractivity contribution in [1.82, 2.24) is 9.88 Å². The zero-order chi connectivity index (χ0) is 17.0. The van der Waals surface area contributed by atoms with Crippen LogP contribution in [-0.2, 0) is 11.3 Å². The van der Waals surface area contributed by atoms with Crippen LogP contribution in [0, 0.1) is 5.82 Å². The Morgan fingerprint density at radius 3 is 2.70 bits per heavy atom. The Bertz CT molecular complexity index is 674. The van der Waals surface area contributed by atoms with E-state index in [0.29, 0.717) is 21.4 Å². The van der Waals surface area contributed by atoms with Gasteiger partial charge in [0.05, 0.1) is 11.1 Å². The topological polar surface area (TPSA) is 45.2 Å². The number of likely N-dealkylation sites (N-methyl/N-ethyl adjacent to an activating group) is 1. The molecule has 0 aliphatic rings. The van der Waals surface area contributed by atoms with Crippen LogP contribution >= 0.6 is 23.2 Å². The molecule has 0 fully saturated rings. The minimum atomic E-state index is -0.497. The van der Waals surface area contributed by atoms with Gasteiger partial charge in [0.25, 0.3) is 0 Å². The molecule has 1 atom stereocenters. The molecule has 1 aromatic carbocycles. The van der Waals surface area contributed by atoms with Crippen molar-refractivity contribution < 1.29 is 9.18 Å². The smallest absolute Gasteiger partial charge is 0.242 e. The quantitative estimate of drug-likeness (QED) is 0.881. The van der Waals surface area contributed by atoms with E-state index in [1.165, 1.54) is 12.3 Å². The second-order valence-electron chi connectivity index (χ2n) is 5.14. The molecule has 0 unspecified atom stereocenters. The summed E-state index contributed by atoms with van der Waals surface area (Å²) < 4.78 is 13.8. The van der Waals surface area contributed by atoms with Crippen LogP contribution in [-0.4, -0.2) is 28.9 Å². The zero-order valence-corrected chi connectivity index (χ0v) is 14.2. The van der Waals surface area contributed by atoms with E-state index in [9.17, 15) is 9.18 Å². The van der Waals surface area contributed by atoms with Gasteiger partial charge in [-0.1, -0.05) is 29.3 Å². The van der Waals surface area contributed by atoms with Crippen LogP contribution in [0.25, 0.3) is 0 Å². The third kappa shape index (κ3) is 4.64. The number of aromatic nitrogens is 1. The van der Waals surface area contributed by atoms with Gasteiger partial charge in [-0.2, -0.15) is 0 Å². The van der Waals surface area contributed by atoms with Gasteiger partial charge >= 0.3 is 0 Å². The van der Waals surface area contributed by atoms with Crippen LogP contribution in [0.4, 0.5) is 10.2 Å². The van der Waals surface area contributed by atoms with Crippen molar-refractivity contribution in [1.29, 1.82) is 0 Å². The predicted octanol–water partition coefficient (Wildman–Crippen LogP) is 3.99. The standard InChI is InChI=1S/C16H16Cl2FN3O/c1-10(16(23)21-15-7-6-11(17)8-20-15)22(2)9-12-13(18)4-3-5-14(12)19/h3-8,10H,9H2,1-2H3,(H,20,21,23)/t10-/m0/s1. The van der Waals surface area contributed by atoms with Crippen molar-refractivity contribution in [2.75, 3.05) is 12.4 Å². The van der Waals surface area contributed by atoms with E-state index >= 15 is 0 Å². The Morgan fingerprint density at radius 1 is 1.35 bits per heavy atom. The van der Waals surface area contributed by atoms with Gasteiger partial charge in [0, 0.05) is 23.3 Å². The molecule has 4 nitrogen and oxygen atoms in total. The van der Waals surface area contributed by atoms with Gasteiger partial charge in [-0.25, -0.2) is 9.37 Å². The zero-order valence-electron chi connectivity index (χ0n) is 12.7. The molecular formula is C16H16Cl2FN3O. The number of nitrogens with one attached hydrogen (secondary N) is 1. The molecule has 23 heavy (non-hydrogen) atoms. The van der Waals surface area contributed by atoms with Crippen LogP contribution in [0.2, 0.25) is 10.0 Å². The summed E-state index contributed by atoms with van der Waals surface area (Å²) in [6.45, 7) is 1.94. The number of carbonyl (C=O) groups is 1. The van der Waals surface area contributed by atoms with Crippen molar-refractivity contribution in [3.05, 3.63) is 58.0 Å². The molecule has 7 heteroatoms. The van der Waals surface area contributed by atoms with Gasteiger partial charge in [-0.3, -0.25) is 9.69 Å². The molecule has 0 aliphatic carbocycles. The fourth-order valence-electron chi connectivity index (χ4n) is 1.95. The molecule has 0 bridgehead atoms. The molecule has 1 amide bonds. The molecule has 2 aromatic rings. The van der Waals surface area contributed by atoms with Gasteiger partial charge in [-0.15, -0.1) is 0 Å². The van der Waals surface area contributed by atoms with E-state index in [0.717, 1.165) is 0 Å². The summed E-state index contributed by atoms with van der Waals surface area (Å²) in [6.07, 6.45) is 1.45. The maximum absolute atomic E-state index is 13.8. The van der Waals surface area contributed by atoms with E-state index in [2.05, 4.69) is 10.3 Å². The van der Waals surface area contributed by atoms with Gasteiger partial charge in [-0.05, 0) is 38.2 Å². The Kier molecular flexibility index (Phi) is 5.93. The first-order chi connectivity index (χ1) is 10.9. The highest BCUT2D eigenvalue weighted by molar-refractivity contribution is 6.31. The number of nitrogens with zero attached hydrogens (tertiary/aromatic N) is 2. The maximum Gasteiger partial charge on any atom is 0.242 e. The molecule has 0 saturated heterocycles. The lowest BCUT2D eigenvalue weighted by atomic mass is 10.1. The largest absolute Gasteiger partial charge is 0.309 e. The van der Waals surface area contributed by atoms with Gasteiger partial charge in [0.15, 0.2) is 0 Å². The summed E-state index contributed by atoms with van der Waals surface area (Å²) in [4.78, 5) is 18.0. The molecule has 1 aromatic heterocycles. The maximum atomic E-state index is 13.8. The second-order valence-corrected chi connectivity index (χ2v) is 5.99. The Balaban J connectivity index is 2.02. The van der Waals surface area contributed by atoms with E-state index in [1.54, 1.807) is 43.1 Å². The fourth-order valence-corrected chi connectivity index (χ4v) is 2.28. The van der Waals surface area contributed by atoms with Crippen molar-refractivity contribution in [2.45, 2.75) is 19.5 Å². The summed E-state index contributed by atoms with van der Waals surface area (Å²) in [5.74, 6) is -0.241. The Hall–Kier alpha value is -1.69. The van der Waals surface area contributed by atoms with E-state index in [1.807, 2.05) is 0 Å². The summed E-state index contributed by atoms with van der Waals surface area (Å²) in [7, 11) is 1.72. The van der Waals surface area contributed by atoms with Crippen LogP contribution < -0.4 is 5.32 Å². The van der Waals surface area contributed by atoms with Crippen molar-refractivity contribution in [3.63, 3.8) is 0 Å². The monoisotopic (exact) mass is 355 g/mol. The summed E-state index contributed by atoms with van der Waals surface area (Å²) >= 11 is 11.8. The number of hydrogen-bond donors (Lipinski definition) is 1. The first kappa shape index (κ1) is 17.7. The number of benzene rings is 1. The lowest BCUT2D eigenvalue weighted by Gasteiger charge is -2.24. The molecule has 0 spiro atoms. The predicted molar refractivity (Wildman–Crippen MR) is 90.2 cm³/mol. The molecule has 1 N–H and O–H groups in total. The van der Waals surface area contributed by atoms with Crippen molar-refractivity contribution in [2.24, 2.45) is 0 Å². The second kappa shape index (κ2) is 7.73. The fraction of sp³-hybridized carbons (Fsp3) is 0.250. The van der Waals surface area contributed by atoms with Crippen LogP contribution in [0.1, 0.15) is 12.5 Å². The lowest BCUT2D eigenvalue weighted by Crippen LogP contribution is -2.39. The van der Waals surface area contributed by atoms with Gasteiger partial charge < -0.3 is 5.32 Å². The highest BCUT2D eigenvalue weighted by atomic mass is 35.5. The minimum Gasteiger partial charge on any atom is -0.309 e. The average molecular weight is 356 g/mol. The van der Waals surface area contributed by atoms with E-state index < -0.39 is 11.9 Å². The minimum absolute atomic E-state index is 0.216. The van der Waals surface area contributed by atoms with E-state index in [4.69, 9.17) is 23.2 Å². The van der Waals surface area contributed by atoms with Crippen LogP contribution in [0.15, 0.2) is 36.5 Å². The SMILES string of the molecule is C[C@@H](C(=O)Nc1ccc(Cl)cn1)N(C)Cc1c(F)cccc1Cl. The number of anilines is 1. The first-order valence-electron chi connectivity index (χ1n) is 6.94. The average Bonchev–Trinajstić information content (AvgIpc) is 2.52. The molecule has 2 rings (SSSR count). The van der Waals surface area contributed by atoms with Gasteiger partial charge in [0.1, 0.15) is 11.6 Å². The molecule has 0 radical (unpaired) electrons. The number of rotatable bonds is 5. The van der Waals surface area contributed by atoms with Crippen LogP contribution in [0.3, 0.4) is 0 Å². The highest BCUT2D eigenvalue weighted by Gasteiger charge is 2.20. The van der Waals surface area contributed by atoms with Crippen molar-refractivity contribution in [3.8, 4) is 0 Å². The van der Waals surface area contributed by atoms with E-state index in [-0.39, 0.29) is 12.5 Å². The van der Waals surface area contributed by atoms with Crippen molar-refractivity contribution >= 4 is 34.9 Å². The normalized spacial score (nSPS) is 12.3. The number of pyridine rings is 1. The molecule has 0 aliphatic heterocycles. The Labute approximate surface area is 144 Å². The Morgan fingerprint density at radius 2 is 2.09 bits per heavy atom. The number of halogens is 3. The third-order valence-corrected chi connectivity index (χ3v) is 4.07. The van der Waals surface area contributed by atoms with Crippen LogP contribution in [0.5, 0.6) is 0 Å². The molecular weight excluding hydrogens is 340 g/mol. The number of amides is 1. The summed E-state index contributed by atoms with van der Waals surface area (Å²) in [6, 6.07) is 7.26. The number of hydrogen-bond acceptors (Lipinski definition) is 3. The molecule has 1 heterocycles.